The highest BCUT2D eigenvalue weighted by Crippen LogP contribution is 2.37. The van der Waals surface area contributed by atoms with Crippen molar-refractivity contribution in [2.24, 2.45) is 0 Å². The Kier molecular flexibility index (Phi) is 4.06. The van der Waals surface area contributed by atoms with Crippen LogP contribution in [0.25, 0.3) is 0 Å². The van der Waals surface area contributed by atoms with Crippen molar-refractivity contribution in [3.63, 3.8) is 0 Å². The van der Waals surface area contributed by atoms with Gasteiger partial charge in [0.2, 0.25) is 0 Å². The van der Waals surface area contributed by atoms with Crippen LogP contribution in [0.4, 0.5) is 0 Å². The first-order valence-corrected chi connectivity index (χ1v) is 7.33. The summed E-state index contributed by atoms with van der Waals surface area (Å²) in [7, 11) is 0. The Morgan fingerprint density at radius 3 is 2.25 bits per heavy atom. The highest BCUT2D eigenvalue weighted by Gasteiger charge is 2.42. The molecule has 104 valence electrons. The maximum absolute atomic E-state index is 6.13. The van der Waals surface area contributed by atoms with Crippen LogP contribution in [0.1, 0.15) is 11.1 Å². The minimum absolute atomic E-state index is 0.0550. The van der Waals surface area contributed by atoms with Crippen molar-refractivity contribution in [3.05, 3.63) is 71.8 Å². The lowest BCUT2D eigenvalue weighted by Gasteiger charge is -2.28. The minimum atomic E-state index is -0.720. The van der Waals surface area contributed by atoms with Crippen molar-refractivity contribution in [3.8, 4) is 0 Å². The zero-order valence-electron chi connectivity index (χ0n) is 11.2. The molecule has 1 aliphatic rings. The van der Waals surface area contributed by atoms with Gasteiger partial charge in [-0.15, -0.1) is 11.6 Å². The molecule has 2 atom stereocenters. The Morgan fingerprint density at radius 2 is 1.65 bits per heavy atom. The van der Waals surface area contributed by atoms with Crippen LogP contribution < -0.4 is 0 Å². The lowest BCUT2D eigenvalue weighted by atomic mass is 9.97. The summed E-state index contributed by atoms with van der Waals surface area (Å²) < 4.78 is 12.2. The molecule has 2 aromatic carbocycles. The molecular weight excluding hydrogens is 272 g/mol. The van der Waals surface area contributed by atoms with Crippen molar-refractivity contribution in [2.45, 2.75) is 18.3 Å². The van der Waals surface area contributed by atoms with Gasteiger partial charge in [0.05, 0.1) is 18.6 Å². The number of halogens is 1. The van der Waals surface area contributed by atoms with Crippen LogP contribution in [-0.2, 0) is 21.7 Å². The Bertz CT molecular complexity index is 543. The molecule has 2 unspecified atom stereocenters. The Balaban J connectivity index is 1.93. The van der Waals surface area contributed by atoms with Crippen molar-refractivity contribution in [2.75, 3.05) is 12.5 Å². The summed E-state index contributed by atoms with van der Waals surface area (Å²) in [6, 6.07) is 20.3. The molecule has 1 fully saturated rings. The van der Waals surface area contributed by atoms with E-state index in [9.17, 15) is 0 Å². The molecule has 0 spiro atoms. The fraction of sp³-hybridized carbons (Fsp3) is 0.294. The van der Waals surface area contributed by atoms with Gasteiger partial charge in [-0.1, -0.05) is 60.7 Å². The first-order chi connectivity index (χ1) is 9.82. The van der Waals surface area contributed by atoms with E-state index < -0.39 is 5.79 Å². The van der Waals surface area contributed by atoms with E-state index in [1.165, 1.54) is 5.56 Å². The summed E-state index contributed by atoms with van der Waals surface area (Å²) in [5.41, 5.74) is 2.23. The van der Waals surface area contributed by atoms with Gasteiger partial charge in [-0.25, -0.2) is 0 Å². The minimum Gasteiger partial charge on any atom is -0.343 e. The van der Waals surface area contributed by atoms with Gasteiger partial charge in [0.25, 0.3) is 0 Å². The molecule has 3 heteroatoms. The summed E-state index contributed by atoms with van der Waals surface area (Å²) in [4.78, 5) is 0. The Labute approximate surface area is 124 Å². The van der Waals surface area contributed by atoms with Crippen LogP contribution in [0, 0.1) is 0 Å². The second kappa shape index (κ2) is 5.96. The molecule has 0 amide bonds. The van der Waals surface area contributed by atoms with Crippen LogP contribution in [0.3, 0.4) is 0 Å². The average molecular weight is 289 g/mol. The number of hydrogen-bond acceptors (Lipinski definition) is 2. The van der Waals surface area contributed by atoms with Crippen LogP contribution in [0.2, 0.25) is 0 Å². The van der Waals surface area contributed by atoms with Gasteiger partial charge in [-0.2, -0.15) is 0 Å². The molecule has 0 bridgehead atoms. The summed E-state index contributed by atoms with van der Waals surface area (Å²) >= 11 is 5.92. The van der Waals surface area contributed by atoms with Gasteiger partial charge in [0.1, 0.15) is 0 Å². The Hall–Kier alpha value is -1.35. The first kappa shape index (κ1) is 13.6. The normalized spacial score (nSPS) is 25.8. The van der Waals surface area contributed by atoms with E-state index in [0.717, 1.165) is 5.56 Å². The van der Waals surface area contributed by atoms with Crippen molar-refractivity contribution >= 4 is 11.6 Å². The third-order valence-electron chi connectivity index (χ3n) is 3.52. The van der Waals surface area contributed by atoms with Crippen molar-refractivity contribution < 1.29 is 9.47 Å². The molecule has 3 rings (SSSR count). The number of hydrogen-bond donors (Lipinski definition) is 0. The summed E-state index contributed by atoms with van der Waals surface area (Å²) in [5, 5.41) is 0. The smallest absolute Gasteiger partial charge is 0.199 e. The first-order valence-electron chi connectivity index (χ1n) is 6.79. The van der Waals surface area contributed by atoms with E-state index in [4.69, 9.17) is 21.1 Å². The molecule has 1 aliphatic heterocycles. The second-order valence-electron chi connectivity index (χ2n) is 4.99. The third kappa shape index (κ3) is 2.73. The zero-order chi connectivity index (χ0) is 13.8. The standard InChI is InChI=1S/C17H17ClO2/c18-12-16-13-19-17(20-16,15-9-5-2-6-10-15)11-14-7-3-1-4-8-14/h1-10,16H,11-13H2. The molecule has 2 aromatic rings. The zero-order valence-corrected chi connectivity index (χ0v) is 11.9. The summed E-state index contributed by atoms with van der Waals surface area (Å²) in [6.45, 7) is 0.533. The highest BCUT2D eigenvalue weighted by molar-refractivity contribution is 6.18. The molecule has 0 saturated carbocycles. The number of rotatable bonds is 4. The van der Waals surface area contributed by atoms with E-state index in [0.29, 0.717) is 18.9 Å². The number of ether oxygens (including phenoxy) is 2. The molecule has 1 heterocycles. The molecular formula is C17H17ClO2. The van der Waals surface area contributed by atoms with Crippen molar-refractivity contribution in [1.82, 2.24) is 0 Å². The number of benzene rings is 2. The predicted octanol–water partition coefficient (Wildman–Crippen LogP) is 3.74. The lowest BCUT2D eigenvalue weighted by molar-refractivity contribution is -0.173. The largest absolute Gasteiger partial charge is 0.343 e. The maximum Gasteiger partial charge on any atom is 0.199 e. The van der Waals surface area contributed by atoms with Gasteiger partial charge in [-0.3, -0.25) is 0 Å². The van der Waals surface area contributed by atoms with E-state index in [1.807, 2.05) is 48.5 Å². The summed E-state index contributed by atoms with van der Waals surface area (Å²) in [5.74, 6) is -0.272. The molecule has 0 aromatic heterocycles. The quantitative estimate of drug-likeness (QED) is 0.798. The second-order valence-corrected chi connectivity index (χ2v) is 5.30. The van der Waals surface area contributed by atoms with E-state index in [-0.39, 0.29) is 6.10 Å². The fourth-order valence-corrected chi connectivity index (χ4v) is 2.70. The van der Waals surface area contributed by atoms with Crippen LogP contribution in [0.15, 0.2) is 60.7 Å². The topological polar surface area (TPSA) is 18.5 Å². The van der Waals surface area contributed by atoms with Gasteiger partial charge >= 0.3 is 0 Å². The lowest BCUT2D eigenvalue weighted by Crippen LogP contribution is -2.31. The van der Waals surface area contributed by atoms with Crippen molar-refractivity contribution in [1.29, 1.82) is 0 Å². The van der Waals surface area contributed by atoms with Gasteiger partial charge < -0.3 is 9.47 Å². The third-order valence-corrected chi connectivity index (χ3v) is 3.87. The van der Waals surface area contributed by atoms with E-state index in [1.54, 1.807) is 0 Å². The average Bonchev–Trinajstić information content (AvgIpc) is 2.94. The number of alkyl halides is 1. The van der Waals surface area contributed by atoms with E-state index >= 15 is 0 Å². The highest BCUT2D eigenvalue weighted by atomic mass is 35.5. The summed E-state index contributed by atoms with van der Waals surface area (Å²) in [6.07, 6.45) is 0.631. The molecule has 0 radical (unpaired) electrons. The predicted molar refractivity (Wildman–Crippen MR) is 79.8 cm³/mol. The Morgan fingerprint density at radius 1 is 1.00 bits per heavy atom. The van der Waals surface area contributed by atoms with Crippen LogP contribution in [0.5, 0.6) is 0 Å². The molecule has 0 N–H and O–H groups in total. The molecule has 20 heavy (non-hydrogen) atoms. The molecule has 0 aliphatic carbocycles. The molecule has 2 nitrogen and oxygen atoms in total. The fourth-order valence-electron chi connectivity index (χ4n) is 2.54. The van der Waals surface area contributed by atoms with Crippen LogP contribution in [-0.4, -0.2) is 18.6 Å². The SMILES string of the molecule is ClCC1COC(Cc2ccccc2)(c2ccccc2)O1. The molecule has 1 saturated heterocycles. The van der Waals surface area contributed by atoms with Gasteiger partial charge in [0.15, 0.2) is 5.79 Å². The van der Waals surface area contributed by atoms with Gasteiger partial charge in [-0.05, 0) is 5.56 Å². The maximum atomic E-state index is 6.13. The monoisotopic (exact) mass is 288 g/mol. The van der Waals surface area contributed by atoms with Crippen LogP contribution >= 0.6 is 11.6 Å². The van der Waals surface area contributed by atoms with Gasteiger partial charge in [0, 0.05) is 12.0 Å². The van der Waals surface area contributed by atoms with E-state index in [2.05, 4.69) is 12.1 Å².